The van der Waals surface area contributed by atoms with Crippen molar-refractivity contribution in [3.8, 4) is 0 Å². The molecule has 1 aromatic carbocycles. The SMILES string of the molecule is CCCCC(CC)CN(C(=O)CCl)C(C(=O)NC1CCCCC1C)c1ccc(Cl)cc1. The summed E-state index contributed by atoms with van der Waals surface area (Å²) in [5.74, 6) is 0.312. The van der Waals surface area contributed by atoms with E-state index in [1.54, 1.807) is 17.0 Å². The van der Waals surface area contributed by atoms with Crippen molar-refractivity contribution >= 4 is 35.0 Å². The fraction of sp³-hybridized carbons (Fsp3) is 0.680. The highest BCUT2D eigenvalue weighted by Gasteiger charge is 2.34. The molecule has 174 valence electrons. The topological polar surface area (TPSA) is 49.4 Å². The molecular weight excluding hydrogens is 431 g/mol. The molecule has 31 heavy (non-hydrogen) atoms. The second-order valence-electron chi connectivity index (χ2n) is 8.93. The Morgan fingerprint density at radius 2 is 1.84 bits per heavy atom. The number of carbonyl (C=O) groups is 2. The van der Waals surface area contributed by atoms with Gasteiger partial charge in [0.05, 0.1) is 0 Å². The number of hydrogen-bond acceptors (Lipinski definition) is 2. The van der Waals surface area contributed by atoms with Gasteiger partial charge in [0.15, 0.2) is 0 Å². The van der Waals surface area contributed by atoms with Crippen LogP contribution in [0.15, 0.2) is 24.3 Å². The van der Waals surface area contributed by atoms with Crippen molar-refractivity contribution < 1.29 is 9.59 Å². The van der Waals surface area contributed by atoms with Crippen LogP contribution in [0.3, 0.4) is 0 Å². The number of nitrogens with zero attached hydrogens (tertiary/aromatic N) is 1. The molecule has 0 radical (unpaired) electrons. The Morgan fingerprint density at radius 3 is 2.42 bits per heavy atom. The maximum atomic E-state index is 13.6. The van der Waals surface area contributed by atoms with Crippen molar-refractivity contribution in [3.05, 3.63) is 34.9 Å². The van der Waals surface area contributed by atoms with Crippen molar-refractivity contribution in [1.29, 1.82) is 0 Å². The summed E-state index contributed by atoms with van der Waals surface area (Å²) in [6, 6.07) is 6.69. The average Bonchev–Trinajstić information content (AvgIpc) is 2.77. The number of halogens is 2. The monoisotopic (exact) mass is 468 g/mol. The summed E-state index contributed by atoms with van der Waals surface area (Å²) < 4.78 is 0. The van der Waals surface area contributed by atoms with Gasteiger partial charge in [-0.3, -0.25) is 9.59 Å². The number of amides is 2. The molecular formula is C25H38Cl2N2O2. The molecule has 4 nitrogen and oxygen atoms in total. The molecule has 2 rings (SSSR count). The third-order valence-electron chi connectivity index (χ3n) is 6.62. The van der Waals surface area contributed by atoms with E-state index in [1.807, 2.05) is 12.1 Å². The summed E-state index contributed by atoms with van der Waals surface area (Å²) in [5.41, 5.74) is 0.772. The fourth-order valence-electron chi connectivity index (χ4n) is 4.53. The normalized spacial score (nSPS) is 20.7. The first-order chi connectivity index (χ1) is 14.9. The average molecular weight is 469 g/mol. The molecule has 0 aliphatic heterocycles. The van der Waals surface area contributed by atoms with Gasteiger partial charge in [0, 0.05) is 17.6 Å². The van der Waals surface area contributed by atoms with Crippen molar-refractivity contribution in [3.63, 3.8) is 0 Å². The number of hydrogen-bond donors (Lipinski definition) is 1. The van der Waals surface area contributed by atoms with E-state index in [1.165, 1.54) is 6.42 Å². The molecule has 6 heteroatoms. The highest BCUT2D eigenvalue weighted by molar-refractivity contribution is 6.30. The first-order valence-electron chi connectivity index (χ1n) is 11.8. The molecule has 0 spiro atoms. The molecule has 4 unspecified atom stereocenters. The fourth-order valence-corrected chi connectivity index (χ4v) is 4.81. The molecule has 1 aliphatic carbocycles. The Kier molecular flexibility index (Phi) is 11.2. The highest BCUT2D eigenvalue weighted by Crippen LogP contribution is 2.29. The van der Waals surface area contributed by atoms with Crippen molar-refractivity contribution in [1.82, 2.24) is 10.2 Å². The van der Waals surface area contributed by atoms with Gasteiger partial charge in [-0.25, -0.2) is 0 Å². The predicted octanol–water partition coefficient (Wildman–Crippen LogP) is 6.36. The molecule has 1 fully saturated rings. The molecule has 0 heterocycles. The molecule has 0 bridgehead atoms. The summed E-state index contributed by atoms with van der Waals surface area (Å²) in [6.45, 7) is 7.04. The van der Waals surface area contributed by atoms with Gasteiger partial charge in [0.25, 0.3) is 0 Å². The predicted molar refractivity (Wildman–Crippen MR) is 129 cm³/mol. The lowest BCUT2D eigenvalue weighted by Crippen LogP contribution is -2.50. The van der Waals surface area contributed by atoms with Crippen molar-refractivity contribution in [2.45, 2.75) is 84.2 Å². The van der Waals surface area contributed by atoms with Gasteiger partial charge in [-0.1, -0.05) is 76.6 Å². The summed E-state index contributed by atoms with van der Waals surface area (Å²) >= 11 is 12.1. The van der Waals surface area contributed by atoms with Crippen LogP contribution in [0.4, 0.5) is 0 Å². The standard InChI is InChI=1S/C25H38Cl2N2O2/c1-4-6-10-19(5-2)17-29(23(30)16-26)24(20-12-14-21(27)15-13-20)25(31)28-22-11-8-7-9-18(22)3/h12-15,18-19,22,24H,4-11,16-17H2,1-3H3,(H,28,31). The van der Waals surface area contributed by atoms with E-state index in [2.05, 4.69) is 26.1 Å². The first-order valence-corrected chi connectivity index (χ1v) is 12.7. The zero-order valence-corrected chi connectivity index (χ0v) is 20.7. The zero-order valence-electron chi connectivity index (χ0n) is 19.2. The third kappa shape index (κ3) is 7.68. The van der Waals surface area contributed by atoms with Crippen LogP contribution < -0.4 is 5.32 Å². The van der Waals surface area contributed by atoms with Gasteiger partial charge in [-0.05, 0) is 48.8 Å². The third-order valence-corrected chi connectivity index (χ3v) is 7.10. The summed E-state index contributed by atoms with van der Waals surface area (Å²) in [7, 11) is 0. The summed E-state index contributed by atoms with van der Waals surface area (Å²) in [6.07, 6.45) is 8.65. The number of unbranched alkanes of at least 4 members (excludes halogenated alkanes) is 1. The zero-order chi connectivity index (χ0) is 22.8. The van der Waals surface area contributed by atoms with Gasteiger partial charge >= 0.3 is 0 Å². The Balaban J connectivity index is 2.34. The lowest BCUT2D eigenvalue weighted by Gasteiger charge is -2.36. The van der Waals surface area contributed by atoms with Gasteiger partial charge in [0.2, 0.25) is 11.8 Å². The number of rotatable bonds is 11. The second-order valence-corrected chi connectivity index (χ2v) is 9.63. The second kappa shape index (κ2) is 13.3. The van der Waals surface area contributed by atoms with Crippen LogP contribution in [0.2, 0.25) is 5.02 Å². The van der Waals surface area contributed by atoms with Crippen LogP contribution in [-0.4, -0.2) is 35.2 Å². The minimum atomic E-state index is -0.701. The van der Waals surface area contributed by atoms with E-state index in [0.29, 0.717) is 23.4 Å². The molecule has 1 saturated carbocycles. The maximum absolute atomic E-state index is 13.6. The quantitative estimate of drug-likeness (QED) is 0.384. The van der Waals surface area contributed by atoms with Gasteiger partial charge in [-0.15, -0.1) is 11.6 Å². The van der Waals surface area contributed by atoms with Gasteiger partial charge in [0.1, 0.15) is 11.9 Å². The number of carbonyl (C=O) groups excluding carboxylic acids is 2. The minimum Gasteiger partial charge on any atom is -0.351 e. The molecule has 4 atom stereocenters. The lowest BCUT2D eigenvalue weighted by atomic mass is 9.85. The van der Waals surface area contributed by atoms with E-state index in [0.717, 1.165) is 50.5 Å². The molecule has 1 aliphatic rings. The Labute approximate surface area is 198 Å². The van der Waals surface area contributed by atoms with E-state index in [4.69, 9.17) is 23.2 Å². The van der Waals surface area contributed by atoms with Crippen molar-refractivity contribution in [2.75, 3.05) is 12.4 Å². The van der Waals surface area contributed by atoms with Crippen LogP contribution in [0.25, 0.3) is 0 Å². The summed E-state index contributed by atoms with van der Waals surface area (Å²) in [5, 5.41) is 3.87. The Bertz CT molecular complexity index is 695. The van der Waals surface area contributed by atoms with Crippen LogP contribution in [0, 0.1) is 11.8 Å². The Hall–Kier alpha value is -1.26. The maximum Gasteiger partial charge on any atom is 0.247 e. The molecule has 1 aromatic rings. The Morgan fingerprint density at radius 1 is 1.16 bits per heavy atom. The van der Waals surface area contributed by atoms with Crippen LogP contribution >= 0.6 is 23.2 Å². The van der Waals surface area contributed by atoms with Crippen LogP contribution in [-0.2, 0) is 9.59 Å². The molecule has 0 aromatic heterocycles. The number of nitrogens with one attached hydrogen (secondary N) is 1. The molecule has 1 N–H and O–H groups in total. The van der Waals surface area contributed by atoms with E-state index >= 15 is 0 Å². The van der Waals surface area contributed by atoms with Crippen molar-refractivity contribution in [2.24, 2.45) is 11.8 Å². The first kappa shape index (κ1) is 26.0. The summed E-state index contributed by atoms with van der Waals surface area (Å²) in [4.78, 5) is 28.3. The van der Waals surface area contributed by atoms with Gasteiger partial charge < -0.3 is 10.2 Å². The smallest absolute Gasteiger partial charge is 0.247 e. The van der Waals surface area contributed by atoms with E-state index < -0.39 is 6.04 Å². The van der Waals surface area contributed by atoms with Gasteiger partial charge in [-0.2, -0.15) is 0 Å². The molecule has 2 amide bonds. The molecule has 0 saturated heterocycles. The van der Waals surface area contributed by atoms with Crippen LogP contribution in [0.5, 0.6) is 0 Å². The number of alkyl halides is 1. The lowest BCUT2D eigenvalue weighted by molar-refractivity contribution is -0.140. The number of benzene rings is 1. The van der Waals surface area contributed by atoms with E-state index in [9.17, 15) is 9.59 Å². The largest absolute Gasteiger partial charge is 0.351 e. The van der Waals surface area contributed by atoms with E-state index in [-0.39, 0.29) is 23.7 Å². The highest BCUT2D eigenvalue weighted by atomic mass is 35.5. The van der Waals surface area contributed by atoms with Crippen LogP contribution in [0.1, 0.15) is 83.7 Å². The minimum absolute atomic E-state index is 0.120.